The summed E-state index contributed by atoms with van der Waals surface area (Å²) < 4.78 is 5.38. The van der Waals surface area contributed by atoms with E-state index in [-0.39, 0.29) is 17.8 Å². The molecule has 2 aliphatic heterocycles. The summed E-state index contributed by atoms with van der Waals surface area (Å²) in [6.07, 6.45) is 4.16. The Bertz CT molecular complexity index is 616. The molecule has 8 nitrogen and oxygen atoms in total. The first-order valence-corrected chi connectivity index (χ1v) is 9.25. The lowest BCUT2D eigenvalue weighted by atomic mass is 9.99. The van der Waals surface area contributed by atoms with Crippen molar-refractivity contribution >= 4 is 17.4 Å². The number of non-ortho nitro benzene ring substituents is 1. The molecule has 0 bridgehead atoms. The predicted octanol–water partition coefficient (Wildman–Crippen LogP) is 2.70. The number of hydrogen-bond acceptors (Lipinski definition) is 5. The normalized spacial score (nSPS) is 21.4. The highest BCUT2D eigenvalue weighted by Crippen LogP contribution is 2.22. The number of nitrogens with zero attached hydrogens (tertiary/aromatic N) is 3. The summed E-state index contributed by atoms with van der Waals surface area (Å²) in [6, 6.07) is 6.07. The lowest BCUT2D eigenvalue weighted by molar-refractivity contribution is -0.384. The van der Waals surface area contributed by atoms with Gasteiger partial charge < -0.3 is 15.0 Å². The molecule has 0 radical (unpaired) electrons. The van der Waals surface area contributed by atoms with Crippen LogP contribution in [0.3, 0.4) is 0 Å². The minimum Gasteiger partial charge on any atom is -0.379 e. The molecular weight excluding hydrogens is 336 g/mol. The molecule has 2 amide bonds. The second kappa shape index (κ2) is 8.95. The number of carbonyl (C=O) groups excluding carboxylic acids is 1. The molecule has 26 heavy (non-hydrogen) atoms. The first-order valence-electron chi connectivity index (χ1n) is 9.25. The molecule has 1 N–H and O–H groups in total. The maximum atomic E-state index is 12.7. The lowest BCUT2D eigenvalue weighted by Gasteiger charge is -2.37. The van der Waals surface area contributed by atoms with Gasteiger partial charge in [0, 0.05) is 50.0 Å². The van der Waals surface area contributed by atoms with E-state index >= 15 is 0 Å². The third-order valence-electron chi connectivity index (χ3n) is 5.10. The number of nitro benzene ring substituents is 1. The molecule has 1 aromatic rings. The van der Waals surface area contributed by atoms with Gasteiger partial charge in [0.25, 0.3) is 5.69 Å². The van der Waals surface area contributed by atoms with E-state index in [1.165, 1.54) is 12.1 Å². The van der Waals surface area contributed by atoms with E-state index in [9.17, 15) is 14.9 Å². The van der Waals surface area contributed by atoms with Crippen LogP contribution in [0.1, 0.15) is 25.7 Å². The molecule has 0 spiro atoms. The summed E-state index contributed by atoms with van der Waals surface area (Å²) in [5, 5.41) is 13.6. The fourth-order valence-electron chi connectivity index (χ4n) is 3.59. The number of amides is 2. The molecule has 2 fully saturated rings. The van der Waals surface area contributed by atoms with Crippen molar-refractivity contribution in [2.75, 3.05) is 44.7 Å². The molecule has 8 heteroatoms. The summed E-state index contributed by atoms with van der Waals surface area (Å²) >= 11 is 0. The zero-order chi connectivity index (χ0) is 18.4. The molecule has 2 aliphatic rings. The smallest absolute Gasteiger partial charge is 0.322 e. The predicted molar refractivity (Wildman–Crippen MR) is 98.3 cm³/mol. The Morgan fingerprint density at radius 1 is 1.19 bits per heavy atom. The minimum atomic E-state index is -0.447. The van der Waals surface area contributed by atoms with Crippen LogP contribution in [0.5, 0.6) is 0 Å². The third kappa shape index (κ3) is 4.92. The van der Waals surface area contributed by atoms with Crippen LogP contribution in [0.2, 0.25) is 0 Å². The highest BCUT2D eigenvalue weighted by Gasteiger charge is 2.27. The Balaban J connectivity index is 1.55. The molecule has 0 aliphatic carbocycles. The summed E-state index contributed by atoms with van der Waals surface area (Å²) in [5.41, 5.74) is 0.600. The highest BCUT2D eigenvalue weighted by atomic mass is 16.6. The summed E-state index contributed by atoms with van der Waals surface area (Å²) in [6.45, 7) is 5.23. The Hall–Kier alpha value is -2.19. The quantitative estimate of drug-likeness (QED) is 0.643. The van der Waals surface area contributed by atoms with E-state index in [4.69, 9.17) is 4.74 Å². The topological polar surface area (TPSA) is 87.9 Å². The fraction of sp³-hybridized carbons (Fsp3) is 0.611. The Morgan fingerprint density at radius 3 is 2.62 bits per heavy atom. The number of morpholine rings is 1. The van der Waals surface area contributed by atoms with Crippen LogP contribution in [0.25, 0.3) is 0 Å². The van der Waals surface area contributed by atoms with Crippen LogP contribution in [0.15, 0.2) is 24.3 Å². The van der Waals surface area contributed by atoms with Crippen LogP contribution in [-0.2, 0) is 4.74 Å². The Kier molecular flexibility index (Phi) is 6.40. The van der Waals surface area contributed by atoms with E-state index < -0.39 is 4.92 Å². The number of piperidine rings is 1. The number of urea groups is 1. The number of rotatable bonds is 5. The van der Waals surface area contributed by atoms with Gasteiger partial charge in [0.05, 0.1) is 18.1 Å². The lowest BCUT2D eigenvalue weighted by Crippen LogP contribution is -2.48. The molecule has 3 rings (SSSR count). The van der Waals surface area contributed by atoms with E-state index in [1.54, 1.807) is 12.1 Å². The largest absolute Gasteiger partial charge is 0.379 e. The molecule has 2 heterocycles. The van der Waals surface area contributed by atoms with E-state index in [0.29, 0.717) is 5.69 Å². The van der Waals surface area contributed by atoms with Gasteiger partial charge in [0.1, 0.15) is 0 Å². The second-order valence-electron chi connectivity index (χ2n) is 6.82. The SMILES string of the molecule is O=C(Nc1ccc([N+](=O)[O-])cc1)N1CCCCC1CCN1CCOCC1. The van der Waals surface area contributed by atoms with Crippen LogP contribution >= 0.6 is 0 Å². The fourth-order valence-corrected chi connectivity index (χ4v) is 3.59. The molecule has 142 valence electrons. The zero-order valence-electron chi connectivity index (χ0n) is 14.9. The van der Waals surface area contributed by atoms with Crippen molar-refractivity contribution in [2.45, 2.75) is 31.7 Å². The number of anilines is 1. The van der Waals surface area contributed by atoms with Gasteiger partial charge >= 0.3 is 6.03 Å². The third-order valence-corrected chi connectivity index (χ3v) is 5.10. The van der Waals surface area contributed by atoms with Crippen LogP contribution < -0.4 is 5.32 Å². The van der Waals surface area contributed by atoms with Crippen molar-refractivity contribution in [3.8, 4) is 0 Å². The number of ether oxygens (including phenoxy) is 1. The first-order chi connectivity index (χ1) is 12.6. The van der Waals surface area contributed by atoms with Crippen LogP contribution in [0, 0.1) is 10.1 Å². The van der Waals surface area contributed by atoms with Gasteiger partial charge in [-0.25, -0.2) is 4.79 Å². The van der Waals surface area contributed by atoms with Gasteiger partial charge in [-0.15, -0.1) is 0 Å². The van der Waals surface area contributed by atoms with Crippen molar-refractivity contribution < 1.29 is 14.5 Å². The monoisotopic (exact) mass is 362 g/mol. The number of likely N-dealkylation sites (tertiary alicyclic amines) is 1. The highest BCUT2D eigenvalue weighted by molar-refractivity contribution is 5.89. The maximum Gasteiger partial charge on any atom is 0.322 e. The van der Waals surface area contributed by atoms with Crippen LogP contribution in [-0.4, -0.2) is 66.2 Å². The van der Waals surface area contributed by atoms with Crippen molar-refractivity contribution in [3.63, 3.8) is 0 Å². The first kappa shape index (κ1) is 18.6. The maximum absolute atomic E-state index is 12.7. The summed E-state index contributed by atoms with van der Waals surface area (Å²) in [4.78, 5) is 27.3. The van der Waals surface area contributed by atoms with Gasteiger partial charge in [0.15, 0.2) is 0 Å². The number of nitrogens with one attached hydrogen (secondary N) is 1. The van der Waals surface area contributed by atoms with E-state index in [0.717, 1.165) is 65.1 Å². The molecule has 0 aromatic heterocycles. The molecular formula is C18H26N4O4. The number of hydrogen-bond donors (Lipinski definition) is 1. The van der Waals surface area contributed by atoms with Gasteiger partial charge in [0.2, 0.25) is 0 Å². The standard InChI is InChI=1S/C18H26N4O4/c23-18(19-15-4-6-17(7-5-15)22(24)25)21-9-2-1-3-16(21)8-10-20-11-13-26-14-12-20/h4-7,16H,1-3,8-14H2,(H,19,23). The minimum absolute atomic E-state index is 0.0179. The number of carbonyl (C=O) groups is 1. The second-order valence-corrected chi connectivity index (χ2v) is 6.82. The van der Waals surface area contributed by atoms with Crippen LogP contribution in [0.4, 0.5) is 16.2 Å². The molecule has 1 atom stereocenters. The number of nitro groups is 1. The summed E-state index contributed by atoms with van der Waals surface area (Å²) in [7, 11) is 0. The van der Waals surface area contributed by atoms with Gasteiger partial charge in [-0.2, -0.15) is 0 Å². The average Bonchev–Trinajstić information content (AvgIpc) is 2.68. The van der Waals surface area contributed by atoms with E-state index in [1.807, 2.05) is 4.90 Å². The Morgan fingerprint density at radius 2 is 1.92 bits per heavy atom. The van der Waals surface area contributed by atoms with E-state index in [2.05, 4.69) is 10.2 Å². The van der Waals surface area contributed by atoms with Crippen molar-refractivity contribution in [1.82, 2.24) is 9.80 Å². The van der Waals surface area contributed by atoms with Crippen molar-refractivity contribution in [2.24, 2.45) is 0 Å². The van der Waals surface area contributed by atoms with Gasteiger partial charge in [-0.1, -0.05) is 0 Å². The molecule has 0 saturated carbocycles. The molecule has 2 saturated heterocycles. The van der Waals surface area contributed by atoms with Crippen molar-refractivity contribution in [1.29, 1.82) is 0 Å². The summed E-state index contributed by atoms with van der Waals surface area (Å²) in [5.74, 6) is 0. The number of benzene rings is 1. The zero-order valence-corrected chi connectivity index (χ0v) is 14.9. The van der Waals surface area contributed by atoms with Gasteiger partial charge in [-0.05, 0) is 37.8 Å². The molecule has 1 aromatic carbocycles. The van der Waals surface area contributed by atoms with Crippen molar-refractivity contribution in [3.05, 3.63) is 34.4 Å². The Labute approximate surface area is 153 Å². The average molecular weight is 362 g/mol. The molecule has 1 unspecified atom stereocenters. The van der Waals surface area contributed by atoms with Gasteiger partial charge in [-0.3, -0.25) is 15.0 Å².